The number of hydrogen-bond acceptors (Lipinski definition) is 3. The van der Waals surface area contributed by atoms with Gasteiger partial charge in [0, 0.05) is 16.6 Å². The Kier molecular flexibility index (Phi) is 5.48. The third-order valence-corrected chi connectivity index (χ3v) is 6.09. The molecule has 0 aliphatic heterocycles. The molecule has 1 aromatic heterocycles. The normalized spacial score (nSPS) is 14.1. The first-order chi connectivity index (χ1) is 14.6. The van der Waals surface area contributed by atoms with Crippen LogP contribution in [0.25, 0.3) is 11.4 Å². The molecule has 0 unspecified atom stereocenters. The SMILES string of the molecule is CC(C)(C)c1c(C(=O)O)ccc(Cn2nc(-c3ccc(Cl)cc3)n(C3CC3)c2=O)c1Cl. The van der Waals surface area contributed by atoms with Gasteiger partial charge in [-0.25, -0.2) is 14.3 Å². The molecule has 0 atom stereocenters. The summed E-state index contributed by atoms with van der Waals surface area (Å²) in [6.07, 6.45) is 1.88. The second-order valence-electron chi connectivity index (χ2n) is 8.89. The summed E-state index contributed by atoms with van der Waals surface area (Å²) in [6.45, 7) is 5.89. The van der Waals surface area contributed by atoms with Gasteiger partial charge in [-0.1, -0.05) is 50.0 Å². The largest absolute Gasteiger partial charge is 0.478 e. The van der Waals surface area contributed by atoms with E-state index in [4.69, 9.17) is 23.2 Å². The molecule has 1 fully saturated rings. The van der Waals surface area contributed by atoms with Crippen molar-refractivity contribution < 1.29 is 9.90 Å². The van der Waals surface area contributed by atoms with Crippen molar-refractivity contribution in [1.82, 2.24) is 14.3 Å². The topological polar surface area (TPSA) is 77.1 Å². The van der Waals surface area contributed by atoms with Gasteiger partial charge in [-0.15, -0.1) is 5.10 Å². The highest BCUT2D eigenvalue weighted by atomic mass is 35.5. The highest BCUT2D eigenvalue weighted by molar-refractivity contribution is 6.32. The number of halogens is 2. The van der Waals surface area contributed by atoms with Crippen molar-refractivity contribution in [2.45, 2.75) is 51.6 Å². The number of aromatic nitrogens is 3. The first-order valence-corrected chi connectivity index (χ1v) is 10.8. The Morgan fingerprint density at radius 1 is 1.13 bits per heavy atom. The Hall–Kier alpha value is -2.57. The van der Waals surface area contributed by atoms with Gasteiger partial charge in [-0.2, -0.15) is 0 Å². The quantitative estimate of drug-likeness (QED) is 0.553. The Morgan fingerprint density at radius 2 is 1.77 bits per heavy atom. The van der Waals surface area contributed by atoms with E-state index in [2.05, 4.69) is 5.10 Å². The maximum Gasteiger partial charge on any atom is 0.346 e. The van der Waals surface area contributed by atoms with Gasteiger partial charge < -0.3 is 5.11 Å². The molecule has 1 heterocycles. The molecule has 162 valence electrons. The van der Waals surface area contributed by atoms with Crippen molar-refractivity contribution in [1.29, 1.82) is 0 Å². The van der Waals surface area contributed by atoms with E-state index in [1.165, 1.54) is 4.68 Å². The lowest BCUT2D eigenvalue weighted by Gasteiger charge is -2.24. The number of hydrogen-bond donors (Lipinski definition) is 1. The molecule has 3 aromatic rings. The van der Waals surface area contributed by atoms with E-state index in [-0.39, 0.29) is 23.8 Å². The summed E-state index contributed by atoms with van der Waals surface area (Å²) in [4.78, 5) is 24.9. The smallest absolute Gasteiger partial charge is 0.346 e. The van der Waals surface area contributed by atoms with Crippen molar-refractivity contribution in [3.05, 3.63) is 73.6 Å². The maximum atomic E-state index is 13.2. The predicted molar refractivity (Wildman–Crippen MR) is 121 cm³/mol. The van der Waals surface area contributed by atoms with E-state index in [0.29, 0.717) is 27.0 Å². The Balaban J connectivity index is 1.80. The van der Waals surface area contributed by atoms with Gasteiger partial charge in [0.1, 0.15) is 0 Å². The summed E-state index contributed by atoms with van der Waals surface area (Å²) in [5, 5.41) is 15.2. The van der Waals surface area contributed by atoms with Crippen molar-refractivity contribution in [2.75, 3.05) is 0 Å². The average molecular weight is 460 g/mol. The maximum absolute atomic E-state index is 13.2. The first-order valence-electron chi connectivity index (χ1n) is 10.1. The van der Waals surface area contributed by atoms with Crippen molar-refractivity contribution in [3.63, 3.8) is 0 Å². The summed E-state index contributed by atoms with van der Waals surface area (Å²) in [6, 6.07) is 10.6. The number of nitrogens with zero attached hydrogens (tertiary/aromatic N) is 3. The number of carboxylic acids is 1. The molecule has 1 aliphatic rings. The van der Waals surface area contributed by atoms with Crippen LogP contribution >= 0.6 is 23.2 Å². The van der Waals surface area contributed by atoms with E-state index >= 15 is 0 Å². The molecule has 0 saturated heterocycles. The van der Waals surface area contributed by atoms with Crippen LogP contribution in [-0.2, 0) is 12.0 Å². The van der Waals surface area contributed by atoms with Crippen LogP contribution in [0.4, 0.5) is 0 Å². The van der Waals surface area contributed by atoms with Gasteiger partial charge in [-0.05, 0) is 59.7 Å². The van der Waals surface area contributed by atoms with Crippen LogP contribution in [0, 0.1) is 0 Å². The van der Waals surface area contributed by atoms with E-state index in [1.807, 2.05) is 32.9 Å². The zero-order valence-corrected chi connectivity index (χ0v) is 19.0. The summed E-state index contributed by atoms with van der Waals surface area (Å²) < 4.78 is 3.13. The molecular formula is C23H23Cl2N3O3. The zero-order valence-electron chi connectivity index (χ0n) is 17.5. The number of aromatic carboxylic acids is 1. The summed E-state index contributed by atoms with van der Waals surface area (Å²) in [5.74, 6) is -0.433. The highest BCUT2D eigenvalue weighted by Gasteiger charge is 2.31. The van der Waals surface area contributed by atoms with Gasteiger partial charge in [0.2, 0.25) is 0 Å². The molecular weight excluding hydrogens is 437 g/mol. The fraction of sp³-hybridized carbons (Fsp3) is 0.348. The number of rotatable bonds is 5. The molecule has 1 N–H and O–H groups in total. The van der Waals surface area contributed by atoms with Crippen LogP contribution in [0.15, 0.2) is 41.2 Å². The Labute approximate surface area is 190 Å². The summed E-state index contributed by atoms with van der Waals surface area (Å²) in [5.41, 5.74) is 1.50. The van der Waals surface area contributed by atoms with Gasteiger partial charge in [0.05, 0.1) is 17.1 Å². The molecule has 8 heteroatoms. The van der Waals surface area contributed by atoms with Crippen molar-refractivity contribution in [3.8, 4) is 11.4 Å². The van der Waals surface area contributed by atoms with Crippen molar-refractivity contribution >= 4 is 29.2 Å². The van der Waals surface area contributed by atoms with Crippen LogP contribution in [0.1, 0.15) is 61.1 Å². The Bertz CT molecular complexity index is 1220. The molecule has 2 aromatic carbocycles. The standard InChI is InChI=1S/C23H23Cl2N3O3/c1-23(2,3)18-17(21(29)30)11-6-14(19(18)25)12-27-22(31)28(16-9-10-16)20(26-27)13-4-7-15(24)8-5-13/h4-8,11,16H,9-10,12H2,1-3H3,(H,29,30). The van der Waals surface area contributed by atoms with Crippen LogP contribution < -0.4 is 5.69 Å². The minimum atomic E-state index is -1.03. The van der Waals surface area contributed by atoms with Gasteiger partial charge in [0.15, 0.2) is 5.82 Å². The van der Waals surface area contributed by atoms with E-state index in [1.54, 1.807) is 28.8 Å². The van der Waals surface area contributed by atoms with Crippen LogP contribution in [0.5, 0.6) is 0 Å². The summed E-state index contributed by atoms with van der Waals surface area (Å²) in [7, 11) is 0. The number of carbonyl (C=O) groups is 1. The fourth-order valence-electron chi connectivity index (χ4n) is 3.80. The molecule has 4 rings (SSSR count). The molecule has 0 spiro atoms. The van der Waals surface area contributed by atoms with Crippen LogP contribution in [0.3, 0.4) is 0 Å². The second kappa shape index (κ2) is 7.84. The van der Waals surface area contributed by atoms with Crippen LogP contribution in [0.2, 0.25) is 10.0 Å². The molecule has 0 bridgehead atoms. The number of benzene rings is 2. The van der Waals surface area contributed by atoms with E-state index in [0.717, 1.165) is 18.4 Å². The van der Waals surface area contributed by atoms with E-state index < -0.39 is 11.4 Å². The fourth-order valence-corrected chi connectivity index (χ4v) is 4.43. The first kappa shape index (κ1) is 21.7. The third-order valence-electron chi connectivity index (χ3n) is 5.41. The predicted octanol–water partition coefficient (Wildman–Crippen LogP) is 5.40. The monoisotopic (exact) mass is 459 g/mol. The second-order valence-corrected chi connectivity index (χ2v) is 9.70. The van der Waals surface area contributed by atoms with Gasteiger partial charge in [-0.3, -0.25) is 4.57 Å². The van der Waals surface area contributed by atoms with Gasteiger partial charge in [0.25, 0.3) is 0 Å². The molecule has 0 radical (unpaired) electrons. The summed E-state index contributed by atoms with van der Waals surface area (Å²) >= 11 is 12.7. The van der Waals surface area contributed by atoms with Gasteiger partial charge >= 0.3 is 11.7 Å². The lowest BCUT2D eigenvalue weighted by molar-refractivity contribution is 0.0694. The molecule has 1 aliphatic carbocycles. The van der Waals surface area contributed by atoms with E-state index in [9.17, 15) is 14.7 Å². The lowest BCUT2D eigenvalue weighted by Crippen LogP contribution is -2.26. The van der Waals surface area contributed by atoms with Crippen LogP contribution in [-0.4, -0.2) is 25.4 Å². The molecule has 6 nitrogen and oxygen atoms in total. The zero-order chi connectivity index (χ0) is 22.5. The third kappa shape index (κ3) is 4.14. The minimum absolute atomic E-state index is 0.141. The lowest BCUT2D eigenvalue weighted by atomic mass is 9.82. The average Bonchev–Trinajstić information content (AvgIpc) is 3.47. The number of carboxylic acid groups (broad SMARTS) is 1. The highest BCUT2D eigenvalue weighted by Crippen LogP contribution is 2.38. The molecule has 31 heavy (non-hydrogen) atoms. The molecule has 0 amide bonds. The van der Waals surface area contributed by atoms with Crippen molar-refractivity contribution in [2.24, 2.45) is 0 Å². The molecule has 1 saturated carbocycles. The Morgan fingerprint density at radius 3 is 2.32 bits per heavy atom. The minimum Gasteiger partial charge on any atom is -0.478 e.